The summed E-state index contributed by atoms with van der Waals surface area (Å²) in [6.45, 7) is 0.153. The van der Waals surface area contributed by atoms with Crippen LogP contribution in [0.4, 0.5) is 0 Å². The zero-order valence-electron chi connectivity index (χ0n) is 21.1. The van der Waals surface area contributed by atoms with Crippen molar-refractivity contribution in [2.75, 3.05) is 13.1 Å². The van der Waals surface area contributed by atoms with E-state index in [2.05, 4.69) is 9.97 Å². The molecular formula is C30H27N5O2S2. The van der Waals surface area contributed by atoms with Crippen molar-refractivity contribution in [1.29, 1.82) is 0 Å². The van der Waals surface area contributed by atoms with Crippen molar-refractivity contribution in [3.05, 3.63) is 125 Å². The second-order valence-electron chi connectivity index (χ2n) is 8.93. The van der Waals surface area contributed by atoms with Gasteiger partial charge in [0.2, 0.25) is 5.91 Å². The SMILES string of the molecule is NC(=O)CN(CC(c1ccccc1)c1ccccc1)C(=O)c1ccc(-c2nc(CSc3ncc[nH]3)cs2)cc1. The van der Waals surface area contributed by atoms with Crippen molar-refractivity contribution in [3.63, 3.8) is 0 Å². The Morgan fingerprint density at radius 1 is 0.949 bits per heavy atom. The lowest BCUT2D eigenvalue weighted by molar-refractivity contribution is -0.118. The number of imidazole rings is 1. The molecule has 0 atom stereocenters. The zero-order chi connectivity index (χ0) is 27.0. The van der Waals surface area contributed by atoms with E-state index in [-0.39, 0.29) is 18.4 Å². The highest BCUT2D eigenvalue weighted by Gasteiger charge is 2.24. The number of aromatic nitrogens is 3. The van der Waals surface area contributed by atoms with Gasteiger partial charge in [0.1, 0.15) is 5.01 Å². The zero-order valence-corrected chi connectivity index (χ0v) is 22.7. The second kappa shape index (κ2) is 12.6. The molecule has 0 aliphatic rings. The first kappa shape index (κ1) is 26.4. The van der Waals surface area contributed by atoms with E-state index in [4.69, 9.17) is 10.7 Å². The summed E-state index contributed by atoms with van der Waals surface area (Å²) < 4.78 is 0. The third-order valence-corrected chi connectivity index (χ3v) is 8.08. The van der Waals surface area contributed by atoms with Crippen LogP contribution in [0.5, 0.6) is 0 Å². The third kappa shape index (κ3) is 6.81. The molecule has 0 spiro atoms. The fourth-order valence-electron chi connectivity index (χ4n) is 4.32. The Labute approximate surface area is 235 Å². The molecular weight excluding hydrogens is 526 g/mol. The molecule has 2 aromatic heterocycles. The first-order valence-electron chi connectivity index (χ1n) is 12.4. The Morgan fingerprint density at radius 2 is 1.62 bits per heavy atom. The first-order valence-corrected chi connectivity index (χ1v) is 14.3. The van der Waals surface area contributed by atoms with Crippen molar-refractivity contribution in [2.45, 2.75) is 16.8 Å². The number of nitrogens with one attached hydrogen (secondary N) is 1. The quantitative estimate of drug-likeness (QED) is 0.208. The van der Waals surface area contributed by atoms with Crippen molar-refractivity contribution >= 4 is 34.9 Å². The number of thiazole rings is 1. The van der Waals surface area contributed by atoms with E-state index >= 15 is 0 Å². The van der Waals surface area contributed by atoms with Gasteiger partial charge in [0.25, 0.3) is 5.91 Å². The van der Waals surface area contributed by atoms with Crippen molar-refractivity contribution in [1.82, 2.24) is 19.9 Å². The van der Waals surface area contributed by atoms with Gasteiger partial charge in [-0.15, -0.1) is 11.3 Å². The van der Waals surface area contributed by atoms with Gasteiger partial charge in [-0.1, -0.05) is 84.6 Å². The molecule has 0 saturated carbocycles. The van der Waals surface area contributed by atoms with Crippen LogP contribution < -0.4 is 5.73 Å². The number of carbonyl (C=O) groups is 2. The highest BCUT2D eigenvalue weighted by molar-refractivity contribution is 7.98. The van der Waals surface area contributed by atoms with Crippen LogP contribution in [0.1, 0.15) is 33.1 Å². The molecule has 3 aromatic carbocycles. The van der Waals surface area contributed by atoms with Crippen LogP contribution in [0.2, 0.25) is 0 Å². The lowest BCUT2D eigenvalue weighted by atomic mass is 9.90. The lowest BCUT2D eigenvalue weighted by Gasteiger charge is -2.28. The molecule has 2 amide bonds. The monoisotopic (exact) mass is 553 g/mol. The number of aromatic amines is 1. The number of nitrogens with two attached hydrogens (primary N) is 1. The molecule has 7 nitrogen and oxygen atoms in total. The van der Waals surface area contributed by atoms with Crippen LogP contribution in [-0.2, 0) is 10.5 Å². The fraction of sp³-hybridized carbons (Fsp3) is 0.133. The molecule has 2 heterocycles. The van der Waals surface area contributed by atoms with Crippen LogP contribution in [0.15, 0.2) is 108 Å². The summed E-state index contributed by atoms with van der Waals surface area (Å²) in [5.74, 6) is -0.190. The van der Waals surface area contributed by atoms with Crippen LogP contribution in [0.3, 0.4) is 0 Å². The Kier molecular flexibility index (Phi) is 8.50. The van der Waals surface area contributed by atoms with E-state index in [1.165, 1.54) is 4.90 Å². The van der Waals surface area contributed by atoms with E-state index in [0.29, 0.717) is 17.9 Å². The van der Waals surface area contributed by atoms with Crippen molar-refractivity contribution in [2.24, 2.45) is 5.73 Å². The summed E-state index contributed by atoms with van der Waals surface area (Å²) in [4.78, 5) is 39.2. The summed E-state index contributed by atoms with van der Waals surface area (Å²) in [6, 6.07) is 27.3. The highest BCUT2D eigenvalue weighted by Crippen LogP contribution is 2.29. The highest BCUT2D eigenvalue weighted by atomic mass is 32.2. The Hall–Kier alpha value is -4.21. The minimum Gasteiger partial charge on any atom is -0.368 e. The first-order chi connectivity index (χ1) is 19.1. The lowest BCUT2D eigenvalue weighted by Crippen LogP contribution is -2.41. The molecule has 39 heavy (non-hydrogen) atoms. The Balaban J connectivity index is 1.33. The number of benzene rings is 3. The summed E-state index contributed by atoms with van der Waals surface area (Å²) in [5, 5.41) is 3.77. The van der Waals surface area contributed by atoms with Gasteiger partial charge in [-0.05, 0) is 23.3 Å². The van der Waals surface area contributed by atoms with Crippen molar-refractivity contribution < 1.29 is 9.59 Å². The minimum absolute atomic E-state index is 0.109. The van der Waals surface area contributed by atoms with Crippen LogP contribution in [0.25, 0.3) is 10.6 Å². The standard InChI is InChI=1S/C30H27N5O2S2/c31-27(36)18-35(17-26(21-7-3-1-4-8-21)22-9-5-2-6-10-22)29(37)24-13-11-23(12-14-24)28-34-25(19-38-28)20-39-30-32-15-16-33-30/h1-16,19,26H,17-18,20H2,(H2,31,36)(H,32,33). The number of carbonyl (C=O) groups excluding carboxylic acids is 2. The molecule has 0 radical (unpaired) electrons. The maximum absolute atomic E-state index is 13.6. The number of H-pyrrole nitrogens is 1. The predicted molar refractivity (Wildman–Crippen MR) is 156 cm³/mol. The summed E-state index contributed by atoms with van der Waals surface area (Å²) in [5.41, 5.74) is 10.1. The van der Waals surface area contributed by atoms with E-state index < -0.39 is 5.91 Å². The largest absolute Gasteiger partial charge is 0.368 e. The van der Waals surface area contributed by atoms with Gasteiger partial charge in [0.05, 0.1) is 12.2 Å². The van der Waals surface area contributed by atoms with Gasteiger partial charge in [-0.3, -0.25) is 9.59 Å². The van der Waals surface area contributed by atoms with E-state index in [1.54, 1.807) is 47.6 Å². The molecule has 0 aliphatic carbocycles. The number of hydrogen-bond acceptors (Lipinski definition) is 6. The molecule has 196 valence electrons. The number of thioether (sulfide) groups is 1. The van der Waals surface area contributed by atoms with Crippen LogP contribution >= 0.6 is 23.1 Å². The molecule has 0 fully saturated rings. The van der Waals surface area contributed by atoms with Gasteiger partial charge >= 0.3 is 0 Å². The molecule has 5 aromatic rings. The molecule has 0 aliphatic heterocycles. The normalized spacial score (nSPS) is 11.0. The summed E-state index contributed by atoms with van der Waals surface area (Å²) >= 11 is 3.15. The van der Waals surface area contributed by atoms with E-state index in [1.807, 2.05) is 78.2 Å². The number of nitrogens with zero attached hydrogens (tertiary/aromatic N) is 3. The van der Waals surface area contributed by atoms with Gasteiger partial charge in [-0.2, -0.15) is 0 Å². The minimum atomic E-state index is -0.553. The molecule has 0 unspecified atom stereocenters. The third-order valence-electron chi connectivity index (χ3n) is 6.20. The molecule has 5 rings (SSSR count). The Bertz CT molecular complexity index is 1460. The van der Waals surface area contributed by atoms with E-state index in [9.17, 15) is 9.59 Å². The van der Waals surface area contributed by atoms with Crippen LogP contribution in [-0.4, -0.2) is 44.8 Å². The fourth-order valence-corrected chi connectivity index (χ4v) is 5.97. The molecule has 0 bridgehead atoms. The average Bonchev–Trinajstić information content (AvgIpc) is 3.67. The van der Waals surface area contributed by atoms with E-state index in [0.717, 1.165) is 32.5 Å². The van der Waals surface area contributed by atoms with Gasteiger partial charge in [-0.25, -0.2) is 9.97 Å². The predicted octanol–water partition coefficient (Wildman–Crippen LogP) is 5.59. The molecule has 3 N–H and O–H groups in total. The topological polar surface area (TPSA) is 105 Å². The maximum Gasteiger partial charge on any atom is 0.254 e. The van der Waals surface area contributed by atoms with Gasteiger partial charge in [0.15, 0.2) is 5.16 Å². The molecule has 9 heteroatoms. The average molecular weight is 554 g/mol. The van der Waals surface area contributed by atoms with Gasteiger partial charge < -0.3 is 15.6 Å². The Morgan fingerprint density at radius 3 is 2.21 bits per heavy atom. The van der Waals surface area contributed by atoms with Crippen LogP contribution in [0, 0.1) is 0 Å². The molecule has 0 saturated heterocycles. The maximum atomic E-state index is 13.6. The van der Waals surface area contributed by atoms with Crippen molar-refractivity contribution in [3.8, 4) is 10.6 Å². The number of primary amides is 1. The number of amides is 2. The summed E-state index contributed by atoms with van der Waals surface area (Å²) in [7, 11) is 0. The number of hydrogen-bond donors (Lipinski definition) is 2. The summed E-state index contributed by atoms with van der Waals surface area (Å²) in [6.07, 6.45) is 3.53. The van der Waals surface area contributed by atoms with Gasteiger partial charge in [0, 0.05) is 47.1 Å². The smallest absolute Gasteiger partial charge is 0.254 e. The number of rotatable bonds is 11. The second-order valence-corrected chi connectivity index (χ2v) is 10.8.